The molecule has 27 heavy (non-hydrogen) atoms. The molecule has 1 aromatic carbocycles. The van der Waals surface area contributed by atoms with Gasteiger partial charge in [0.15, 0.2) is 23.3 Å². The Bertz CT molecular complexity index is 881. The van der Waals surface area contributed by atoms with Gasteiger partial charge in [0.05, 0.1) is 4.92 Å². The molecule has 0 aliphatic rings. The number of benzene rings is 1. The van der Waals surface area contributed by atoms with Crippen LogP contribution in [0.2, 0.25) is 0 Å². The number of carbonyl (C=O) groups excluding carboxylic acids is 1. The van der Waals surface area contributed by atoms with Crippen LogP contribution in [-0.2, 0) is 17.5 Å². The number of rotatable bonds is 5. The summed E-state index contributed by atoms with van der Waals surface area (Å²) in [6, 6.07) is 0. The van der Waals surface area contributed by atoms with Crippen LogP contribution in [-0.4, -0.2) is 20.6 Å². The molecule has 0 aliphatic carbocycles. The van der Waals surface area contributed by atoms with E-state index in [2.05, 4.69) is 5.10 Å². The standard InChI is InChI=1S/C13H7F7N4O3/c14-8-7(13(18,19)20)9(15)11(17)12(10(8)16)22-6(25)1-2-23-4-5(3-21-23)24(26)27/h3-4H,1-2H2,(H,22,25). The molecule has 0 bridgehead atoms. The molecule has 1 heterocycles. The number of nitrogens with one attached hydrogen (secondary N) is 1. The van der Waals surface area contributed by atoms with Crippen LogP contribution in [0.3, 0.4) is 0 Å². The average Bonchev–Trinajstić information content (AvgIpc) is 3.03. The lowest BCUT2D eigenvalue weighted by atomic mass is 10.1. The first kappa shape index (κ1) is 20.1. The van der Waals surface area contributed by atoms with Crippen molar-refractivity contribution in [2.45, 2.75) is 19.1 Å². The van der Waals surface area contributed by atoms with Gasteiger partial charge < -0.3 is 5.32 Å². The summed E-state index contributed by atoms with van der Waals surface area (Å²) in [4.78, 5) is 21.3. The highest BCUT2D eigenvalue weighted by atomic mass is 19.4. The number of hydrogen-bond donors (Lipinski definition) is 1. The van der Waals surface area contributed by atoms with Gasteiger partial charge in [-0.2, -0.15) is 18.3 Å². The number of anilines is 1. The second-order valence-corrected chi connectivity index (χ2v) is 5.02. The van der Waals surface area contributed by atoms with Crippen LogP contribution >= 0.6 is 0 Å². The Balaban J connectivity index is 2.19. The van der Waals surface area contributed by atoms with E-state index in [-0.39, 0.29) is 6.54 Å². The van der Waals surface area contributed by atoms with Crippen molar-refractivity contribution in [3.63, 3.8) is 0 Å². The van der Waals surface area contributed by atoms with Gasteiger partial charge in [-0.25, -0.2) is 17.6 Å². The number of hydrogen-bond acceptors (Lipinski definition) is 4. The molecule has 0 fully saturated rings. The molecular formula is C13H7F7N4O3. The van der Waals surface area contributed by atoms with Gasteiger partial charge in [-0.3, -0.25) is 19.6 Å². The van der Waals surface area contributed by atoms with Gasteiger partial charge in [0.25, 0.3) is 0 Å². The molecule has 7 nitrogen and oxygen atoms in total. The van der Waals surface area contributed by atoms with Crippen molar-refractivity contribution in [1.82, 2.24) is 9.78 Å². The molecule has 14 heteroatoms. The summed E-state index contributed by atoms with van der Waals surface area (Å²) in [6.45, 7) is -0.325. The summed E-state index contributed by atoms with van der Waals surface area (Å²) in [5, 5.41) is 15.4. The van der Waals surface area contributed by atoms with Crippen molar-refractivity contribution >= 4 is 17.3 Å². The molecule has 0 aliphatic heterocycles. The van der Waals surface area contributed by atoms with Crippen LogP contribution in [0.1, 0.15) is 12.0 Å². The Kier molecular flexibility index (Phi) is 5.37. The summed E-state index contributed by atoms with van der Waals surface area (Å²) in [7, 11) is 0. The zero-order valence-corrected chi connectivity index (χ0v) is 12.8. The van der Waals surface area contributed by atoms with E-state index in [1.54, 1.807) is 0 Å². The molecular weight excluding hydrogens is 393 g/mol. The van der Waals surface area contributed by atoms with Gasteiger partial charge in [-0.15, -0.1) is 0 Å². The highest BCUT2D eigenvalue weighted by molar-refractivity contribution is 5.91. The summed E-state index contributed by atoms with van der Waals surface area (Å²) in [5.41, 5.74) is -4.90. The molecule has 1 aromatic heterocycles. The summed E-state index contributed by atoms with van der Waals surface area (Å²) >= 11 is 0. The Labute approximate surface area is 144 Å². The van der Waals surface area contributed by atoms with Crippen molar-refractivity contribution in [3.05, 3.63) is 51.3 Å². The van der Waals surface area contributed by atoms with E-state index >= 15 is 0 Å². The molecule has 0 saturated carbocycles. The van der Waals surface area contributed by atoms with Crippen molar-refractivity contribution in [1.29, 1.82) is 0 Å². The Morgan fingerprint density at radius 1 is 1.15 bits per heavy atom. The summed E-state index contributed by atoms with van der Waals surface area (Å²) in [6.07, 6.45) is -4.51. The van der Waals surface area contributed by atoms with Gasteiger partial charge in [-0.05, 0) is 0 Å². The molecule has 0 unspecified atom stereocenters. The number of aromatic nitrogens is 2. The maximum Gasteiger partial charge on any atom is 0.422 e. The SMILES string of the molecule is O=C(CCn1cc([N+](=O)[O-])cn1)Nc1c(F)c(F)c(C(F)(F)F)c(F)c1F. The molecule has 0 radical (unpaired) electrons. The van der Waals surface area contributed by atoms with Crippen LogP contribution in [0.5, 0.6) is 0 Å². The van der Waals surface area contributed by atoms with E-state index in [9.17, 15) is 45.6 Å². The second kappa shape index (κ2) is 7.20. The Morgan fingerprint density at radius 2 is 1.70 bits per heavy atom. The van der Waals surface area contributed by atoms with Gasteiger partial charge in [0, 0.05) is 13.0 Å². The smallest absolute Gasteiger partial charge is 0.321 e. The number of halogens is 7. The number of nitrogens with zero attached hydrogens (tertiary/aromatic N) is 3. The predicted molar refractivity (Wildman–Crippen MR) is 73.4 cm³/mol. The Morgan fingerprint density at radius 3 is 2.15 bits per heavy atom. The molecule has 0 spiro atoms. The van der Waals surface area contributed by atoms with Crippen molar-refractivity contribution in [3.8, 4) is 0 Å². The van der Waals surface area contributed by atoms with E-state index in [1.807, 2.05) is 0 Å². The minimum absolute atomic E-state index is 0.325. The first-order chi connectivity index (χ1) is 12.4. The molecule has 2 rings (SSSR count). The highest BCUT2D eigenvalue weighted by Gasteiger charge is 2.42. The fourth-order valence-corrected chi connectivity index (χ4v) is 1.98. The third-order valence-electron chi connectivity index (χ3n) is 3.21. The first-order valence-electron chi connectivity index (χ1n) is 6.83. The lowest BCUT2D eigenvalue weighted by Gasteiger charge is -2.14. The van der Waals surface area contributed by atoms with Crippen molar-refractivity contribution in [2.75, 3.05) is 5.32 Å². The predicted octanol–water partition coefficient (Wildman–Crippen LogP) is 3.40. The molecule has 0 atom stereocenters. The van der Waals surface area contributed by atoms with Crippen LogP contribution in [0.4, 0.5) is 42.1 Å². The molecule has 1 amide bonds. The number of carbonyl (C=O) groups is 1. The van der Waals surface area contributed by atoms with Gasteiger partial charge in [0.2, 0.25) is 5.91 Å². The van der Waals surface area contributed by atoms with E-state index < -0.39 is 63.6 Å². The molecule has 2 aromatic rings. The third-order valence-corrected chi connectivity index (χ3v) is 3.21. The first-order valence-corrected chi connectivity index (χ1v) is 6.83. The maximum absolute atomic E-state index is 13.7. The van der Waals surface area contributed by atoms with E-state index in [0.29, 0.717) is 0 Å². The van der Waals surface area contributed by atoms with Crippen molar-refractivity contribution in [2.24, 2.45) is 0 Å². The second-order valence-electron chi connectivity index (χ2n) is 5.02. The number of aryl methyl sites for hydroxylation is 1. The molecule has 146 valence electrons. The zero-order valence-electron chi connectivity index (χ0n) is 12.8. The van der Waals surface area contributed by atoms with Gasteiger partial charge in [-0.1, -0.05) is 0 Å². The highest BCUT2D eigenvalue weighted by Crippen LogP contribution is 2.38. The monoisotopic (exact) mass is 400 g/mol. The lowest BCUT2D eigenvalue weighted by molar-refractivity contribution is -0.385. The van der Waals surface area contributed by atoms with Crippen LogP contribution in [0.25, 0.3) is 0 Å². The largest absolute Gasteiger partial charge is 0.422 e. The number of amides is 1. The average molecular weight is 400 g/mol. The van der Waals surface area contributed by atoms with Crippen LogP contribution in [0, 0.1) is 33.4 Å². The third kappa shape index (κ3) is 4.15. The van der Waals surface area contributed by atoms with E-state index in [0.717, 1.165) is 17.1 Å². The summed E-state index contributed by atoms with van der Waals surface area (Å²) in [5.74, 6) is -11.5. The quantitative estimate of drug-likeness (QED) is 0.361. The van der Waals surface area contributed by atoms with E-state index in [4.69, 9.17) is 0 Å². The van der Waals surface area contributed by atoms with E-state index in [1.165, 1.54) is 5.32 Å². The Hall–Kier alpha value is -3.19. The minimum Gasteiger partial charge on any atom is -0.321 e. The van der Waals surface area contributed by atoms with Crippen LogP contribution < -0.4 is 5.32 Å². The maximum atomic E-state index is 13.7. The van der Waals surface area contributed by atoms with Crippen molar-refractivity contribution < 1.29 is 40.5 Å². The summed E-state index contributed by atoms with van der Waals surface area (Å²) < 4.78 is 92.6. The fraction of sp³-hybridized carbons (Fsp3) is 0.231. The topological polar surface area (TPSA) is 90.1 Å². The fourth-order valence-electron chi connectivity index (χ4n) is 1.98. The minimum atomic E-state index is -5.70. The molecule has 0 saturated heterocycles. The lowest BCUT2D eigenvalue weighted by Crippen LogP contribution is -2.21. The molecule has 1 N–H and O–H groups in total. The number of alkyl halides is 3. The number of nitro groups is 1. The van der Waals surface area contributed by atoms with Crippen LogP contribution in [0.15, 0.2) is 12.4 Å². The normalized spacial score (nSPS) is 11.5. The zero-order chi connectivity index (χ0) is 20.5. The van der Waals surface area contributed by atoms with Gasteiger partial charge >= 0.3 is 11.9 Å². The van der Waals surface area contributed by atoms with Gasteiger partial charge in [0.1, 0.15) is 23.6 Å².